The zero-order valence-corrected chi connectivity index (χ0v) is 17.5. The van der Waals surface area contributed by atoms with Crippen molar-refractivity contribution >= 4 is 17.0 Å². The summed E-state index contributed by atoms with van der Waals surface area (Å²) >= 11 is 0. The van der Waals surface area contributed by atoms with Gasteiger partial charge in [0.1, 0.15) is 18.2 Å². The molecule has 4 aromatic rings. The van der Waals surface area contributed by atoms with E-state index in [4.69, 9.17) is 14.8 Å². The number of carbonyl (C=O) groups is 1. The van der Waals surface area contributed by atoms with Crippen molar-refractivity contribution < 1.29 is 14.6 Å². The Morgan fingerprint density at radius 2 is 1.77 bits per heavy atom. The van der Waals surface area contributed by atoms with Gasteiger partial charge in [0.05, 0.1) is 16.6 Å². The number of imidazole rings is 1. The molecule has 1 heterocycles. The molecule has 158 valence electrons. The lowest BCUT2D eigenvalue weighted by Crippen LogP contribution is -2.04. The molecule has 0 spiro atoms. The third-order valence-electron chi connectivity index (χ3n) is 5.47. The molecule has 0 aliphatic carbocycles. The molecule has 0 fully saturated rings. The minimum Gasteiger partial charge on any atom is -0.489 e. The van der Waals surface area contributed by atoms with Crippen LogP contribution in [-0.2, 0) is 6.61 Å². The van der Waals surface area contributed by atoms with Crippen LogP contribution < -0.4 is 4.74 Å². The molecule has 3 aromatic carbocycles. The van der Waals surface area contributed by atoms with Crippen molar-refractivity contribution in [2.24, 2.45) is 0 Å². The van der Waals surface area contributed by atoms with Crippen molar-refractivity contribution in [3.05, 3.63) is 95.3 Å². The van der Waals surface area contributed by atoms with Gasteiger partial charge in [-0.05, 0) is 53.9 Å². The van der Waals surface area contributed by atoms with Crippen LogP contribution in [0.15, 0.2) is 72.8 Å². The fourth-order valence-corrected chi connectivity index (χ4v) is 3.71. The van der Waals surface area contributed by atoms with Gasteiger partial charge in [-0.1, -0.05) is 56.2 Å². The highest BCUT2D eigenvalue weighted by Crippen LogP contribution is 2.30. The molecule has 0 amide bonds. The Morgan fingerprint density at radius 3 is 2.45 bits per heavy atom. The monoisotopic (exact) mass is 414 g/mol. The van der Waals surface area contributed by atoms with E-state index < -0.39 is 5.97 Å². The van der Waals surface area contributed by atoms with Crippen LogP contribution in [0.2, 0.25) is 0 Å². The third kappa shape index (κ3) is 4.94. The molecule has 1 atom stereocenters. The molecular formula is C26H26N2O3. The minimum absolute atomic E-state index is 0.213. The Morgan fingerprint density at radius 1 is 1.03 bits per heavy atom. The van der Waals surface area contributed by atoms with Crippen molar-refractivity contribution in [3.8, 4) is 5.75 Å². The summed E-state index contributed by atoms with van der Waals surface area (Å²) in [5, 5.41) is 8.99. The number of aromatic nitrogens is 2. The summed E-state index contributed by atoms with van der Waals surface area (Å²) in [6.45, 7) is 2.59. The van der Waals surface area contributed by atoms with Gasteiger partial charge in [-0.15, -0.1) is 0 Å². The maximum atomic E-state index is 11.0. The quantitative estimate of drug-likeness (QED) is 0.344. The van der Waals surface area contributed by atoms with Crippen LogP contribution in [0.5, 0.6) is 5.75 Å². The van der Waals surface area contributed by atoms with Crippen molar-refractivity contribution in [1.29, 1.82) is 0 Å². The first-order valence-corrected chi connectivity index (χ1v) is 10.6. The lowest BCUT2D eigenvalue weighted by Gasteiger charge is -2.16. The molecule has 31 heavy (non-hydrogen) atoms. The summed E-state index contributed by atoms with van der Waals surface area (Å²) in [5.41, 5.74) is 4.47. The van der Waals surface area contributed by atoms with E-state index in [2.05, 4.69) is 30.1 Å². The molecule has 5 nitrogen and oxygen atoms in total. The number of carboxylic acid groups (broad SMARTS) is 1. The van der Waals surface area contributed by atoms with E-state index in [0.29, 0.717) is 6.61 Å². The molecular weight excluding hydrogens is 388 g/mol. The topological polar surface area (TPSA) is 75.2 Å². The van der Waals surface area contributed by atoms with Crippen LogP contribution >= 0.6 is 0 Å². The number of aromatic amines is 1. The van der Waals surface area contributed by atoms with Gasteiger partial charge in [0.2, 0.25) is 0 Å². The number of hydrogen-bond acceptors (Lipinski definition) is 3. The van der Waals surface area contributed by atoms with E-state index in [1.165, 1.54) is 5.56 Å². The van der Waals surface area contributed by atoms with Gasteiger partial charge in [-0.25, -0.2) is 9.78 Å². The molecule has 0 radical (unpaired) electrons. The van der Waals surface area contributed by atoms with Gasteiger partial charge in [-0.3, -0.25) is 0 Å². The smallest absolute Gasteiger partial charge is 0.335 e. The van der Waals surface area contributed by atoms with E-state index in [9.17, 15) is 4.79 Å². The molecule has 0 saturated heterocycles. The van der Waals surface area contributed by atoms with E-state index in [0.717, 1.165) is 47.4 Å². The Balaban J connectivity index is 1.47. The minimum atomic E-state index is -0.926. The Kier molecular flexibility index (Phi) is 6.32. The second-order valence-corrected chi connectivity index (χ2v) is 7.69. The van der Waals surface area contributed by atoms with Gasteiger partial charge in [0.25, 0.3) is 0 Å². The first-order chi connectivity index (χ1) is 15.1. The lowest BCUT2D eigenvalue weighted by atomic mass is 9.93. The number of nitrogens with zero attached hydrogens (tertiary/aromatic N) is 1. The Labute approximate surface area is 181 Å². The zero-order chi connectivity index (χ0) is 21.6. The number of rotatable bonds is 9. The van der Waals surface area contributed by atoms with E-state index >= 15 is 0 Å². The van der Waals surface area contributed by atoms with Crippen molar-refractivity contribution in [3.63, 3.8) is 0 Å². The SMILES string of the molecule is CCCCC(c1ccc(OCc2ccc(C(=O)O)cc2)cc1)c1nc2ccccc2[nH]1. The van der Waals surface area contributed by atoms with Gasteiger partial charge in [-0.2, -0.15) is 0 Å². The average Bonchev–Trinajstić information content (AvgIpc) is 3.23. The normalized spacial score (nSPS) is 12.0. The number of benzene rings is 3. The molecule has 0 bridgehead atoms. The van der Waals surface area contributed by atoms with Crippen LogP contribution in [0.1, 0.15) is 59.4 Å². The summed E-state index contributed by atoms with van der Waals surface area (Å²) < 4.78 is 5.89. The maximum Gasteiger partial charge on any atom is 0.335 e. The summed E-state index contributed by atoms with van der Waals surface area (Å²) in [6, 6.07) is 23.1. The van der Waals surface area contributed by atoms with Gasteiger partial charge in [0, 0.05) is 5.92 Å². The van der Waals surface area contributed by atoms with E-state index in [-0.39, 0.29) is 11.5 Å². The van der Waals surface area contributed by atoms with Crippen molar-refractivity contribution in [2.75, 3.05) is 0 Å². The van der Waals surface area contributed by atoms with Crippen LogP contribution in [-0.4, -0.2) is 21.0 Å². The third-order valence-corrected chi connectivity index (χ3v) is 5.47. The zero-order valence-electron chi connectivity index (χ0n) is 17.5. The number of aromatic carboxylic acids is 1. The standard InChI is InChI=1S/C26H26N2O3/c1-2-3-6-22(25-27-23-7-4-5-8-24(23)28-25)19-13-15-21(16-14-19)31-17-18-9-11-20(12-10-18)26(29)30/h4-5,7-16,22H,2-3,6,17H2,1H3,(H,27,28)(H,29,30). The average molecular weight is 415 g/mol. The molecule has 1 unspecified atom stereocenters. The number of unbranched alkanes of at least 4 members (excludes halogenated alkanes) is 1. The number of H-pyrrole nitrogens is 1. The number of para-hydroxylation sites is 2. The van der Waals surface area contributed by atoms with Crippen molar-refractivity contribution in [2.45, 2.75) is 38.7 Å². The summed E-state index contributed by atoms with van der Waals surface area (Å²) in [6.07, 6.45) is 3.30. The van der Waals surface area contributed by atoms with Gasteiger partial charge >= 0.3 is 5.97 Å². The second-order valence-electron chi connectivity index (χ2n) is 7.69. The number of nitrogens with one attached hydrogen (secondary N) is 1. The highest BCUT2D eigenvalue weighted by molar-refractivity contribution is 5.87. The summed E-state index contributed by atoms with van der Waals surface area (Å²) in [4.78, 5) is 19.3. The molecule has 0 saturated carbocycles. The highest BCUT2D eigenvalue weighted by atomic mass is 16.5. The van der Waals surface area contributed by atoms with Gasteiger partial charge < -0.3 is 14.8 Å². The molecule has 1 aromatic heterocycles. The number of hydrogen-bond donors (Lipinski definition) is 2. The summed E-state index contributed by atoms with van der Waals surface area (Å²) in [5.74, 6) is 1.07. The van der Waals surface area contributed by atoms with Crippen molar-refractivity contribution in [1.82, 2.24) is 9.97 Å². The maximum absolute atomic E-state index is 11.0. The van der Waals surface area contributed by atoms with Crippen LogP contribution in [0.25, 0.3) is 11.0 Å². The predicted octanol–water partition coefficient (Wildman–Crippen LogP) is 6.16. The first-order valence-electron chi connectivity index (χ1n) is 10.6. The van der Waals surface area contributed by atoms with E-state index in [1.807, 2.05) is 30.3 Å². The van der Waals surface area contributed by atoms with E-state index in [1.54, 1.807) is 24.3 Å². The highest BCUT2D eigenvalue weighted by Gasteiger charge is 2.18. The predicted molar refractivity (Wildman–Crippen MR) is 122 cm³/mol. The Bertz CT molecular complexity index is 1110. The van der Waals surface area contributed by atoms with Crippen LogP contribution in [0.3, 0.4) is 0 Å². The number of ether oxygens (including phenoxy) is 1. The molecule has 4 rings (SSSR count). The number of fused-ring (bicyclic) bond motifs is 1. The van der Waals surface area contributed by atoms with Crippen LogP contribution in [0, 0.1) is 0 Å². The fourth-order valence-electron chi connectivity index (χ4n) is 3.71. The summed E-state index contributed by atoms with van der Waals surface area (Å²) in [7, 11) is 0. The first kappa shape index (κ1) is 20.7. The molecule has 0 aliphatic heterocycles. The Hall–Kier alpha value is -3.60. The second kappa shape index (κ2) is 9.47. The molecule has 2 N–H and O–H groups in total. The lowest BCUT2D eigenvalue weighted by molar-refractivity contribution is 0.0697. The molecule has 5 heteroatoms. The molecule has 0 aliphatic rings. The number of carboxylic acids is 1. The van der Waals surface area contributed by atoms with Crippen LogP contribution in [0.4, 0.5) is 0 Å². The largest absolute Gasteiger partial charge is 0.489 e. The fraction of sp³-hybridized carbons (Fsp3) is 0.231. The van der Waals surface area contributed by atoms with Gasteiger partial charge in [0.15, 0.2) is 0 Å².